The third-order valence-corrected chi connectivity index (χ3v) is 4.56. The van der Waals surface area contributed by atoms with E-state index in [1.807, 2.05) is 0 Å². The molecular formula is C17H36N2. The van der Waals surface area contributed by atoms with Gasteiger partial charge in [0.1, 0.15) is 0 Å². The minimum atomic E-state index is 0.786. The summed E-state index contributed by atoms with van der Waals surface area (Å²) in [4.78, 5) is 2.75. The van der Waals surface area contributed by atoms with Crippen LogP contribution in [0.15, 0.2) is 0 Å². The van der Waals surface area contributed by atoms with Crippen LogP contribution in [0.2, 0.25) is 0 Å². The minimum Gasteiger partial charge on any atom is -0.330 e. The number of hydrogen-bond donors (Lipinski definition) is 1. The first-order valence-electron chi connectivity index (χ1n) is 8.48. The molecule has 1 fully saturated rings. The number of nitrogens with two attached hydrogens (primary N) is 1. The molecular weight excluding hydrogens is 232 g/mol. The lowest BCUT2D eigenvalue weighted by molar-refractivity contribution is 0.228. The van der Waals surface area contributed by atoms with Crippen molar-refractivity contribution in [1.82, 2.24) is 4.90 Å². The largest absolute Gasteiger partial charge is 0.330 e. The predicted molar refractivity (Wildman–Crippen MR) is 85.3 cm³/mol. The van der Waals surface area contributed by atoms with Crippen molar-refractivity contribution in [2.24, 2.45) is 23.5 Å². The fourth-order valence-corrected chi connectivity index (χ4v) is 2.92. The Morgan fingerprint density at radius 3 is 2.16 bits per heavy atom. The Balaban J connectivity index is 2.23. The molecule has 0 aromatic rings. The Morgan fingerprint density at radius 1 is 1.00 bits per heavy atom. The second kappa shape index (κ2) is 8.97. The molecule has 0 heterocycles. The van der Waals surface area contributed by atoms with Crippen LogP contribution in [0.3, 0.4) is 0 Å². The molecule has 0 aromatic carbocycles. The SMILES string of the molecule is CC(C)CCN(CCCC(CCN)C(C)C)C1CC1. The van der Waals surface area contributed by atoms with Gasteiger partial charge in [0.2, 0.25) is 0 Å². The highest BCUT2D eigenvalue weighted by molar-refractivity contribution is 4.84. The molecule has 114 valence electrons. The fraction of sp³-hybridized carbons (Fsp3) is 1.00. The molecule has 1 unspecified atom stereocenters. The smallest absolute Gasteiger partial charge is 0.00964 e. The van der Waals surface area contributed by atoms with Gasteiger partial charge in [-0.1, -0.05) is 27.7 Å². The molecule has 0 aliphatic heterocycles. The maximum absolute atomic E-state index is 5.73. The van der Waals surface area contributed by atoms with E-state index in [1.165, 1.54) is 51.6 Å². The number of rotatable bonds is 11. The predicted octanol–water partition coefficient (Wildman–Crippen LogP) is 3.90. The normalized spacial score (nSPS) is 17.7. The van der Waals surface area contributed by atoms with Gasteiger partial charge in [-0.05, 0) is 75.9 Å². The lowest BCUT2D eigenvalue weighted by atomic mass is 9.88. The first-order chi connectivity index (χ1) is 9.04. The third-order valence-electron chi connectivity index (χ3n) is 4.56. The Labute approximate surface area is 121 Å². The molecule has 2 nitrogen and oxygen atoms in total. The van der Waals surface area contributed by atoms with Crippen molar-refractivity contribution >= 4 is 0 Å². The Morgan fingerprint density at radius 2 is 1.68 bits per heavy atom. The molecule has 1 saturated carbocycles. The molecule has 0 bridgehead atoms. The summed E-state index contributed by atoms with van der Waals surface area (Å²) < 4.78 is 0. The van der Waals surface area contributed by atoms with Crippen molar-refractivity contribution < 1.29 is 0 Å². The topological polar surface area (TPSA) is 29.3 Å². The molecule has 0 amide bonds. The lowest BCUT2D eigenvalue weighted by Gasteiger charge is -2.25. The summed E-state index contributed by atoms with van der Waals surface area (Å²) in [5.74, 6) is 2.45. The van der Waals surface area contributed by atoms with E-state index in [2.05, 4.69) is 32.6 Å². The highest BCUT2D eigenvalue weighted by Gasteiger charge is 2.28. The summed E-state index contributed by atoms with van der Waals surface area (Å²) in [6.07, 6.45) is 8.15. The summed E-state index contributed by atoms with van der Waals surface area (Å²) in [6.45, 7) is 12.8. The van der Waals surface area contributed by atoms with Crippen LogP contribution < -0.4 is 5.73 Å². The van der Waals surface area contributed by atoms with Crippen LogP contribution in [0.1, 0.15) is 66.2 Å². The van der Waals surface area contributed by atoms with E-state index in [-0.39, 0.29) is 0 Å². The quantitative estimate of drug-likeness (QED) is 0.616. The van der Waals surface area contributed by atoms with Gasteiger partial charge in [-0.3, -0.25) is 0 Å². The van der Waals surface area contributed by atoms with Gasteiger partial charge in [0.25, 0.3) is 0 Å². The molecule has 1 atom stereocenters. The molecule has 0 spiro atoms. The van der Waals surface area contributed by atoms with E-state index in [9.17, 15) is 0 Å². The van der Waals surface area contributed by atoms with E-state index in [4.69, 9.17) is 5.73 Å². The van der Waals surface area contributed by atoms with Crippen LogP contribution >= 0.6 is 0 Å². The molecule has 0 aromatic heterocycles. The van der Waals surface area contributed by atoms with Crippen molar-refractivity contribution in [3.63, 3.8) is 0 Å². The molecule has 2 N–H and O–H groups in total. The summed E-state index contributed by atoms with van der Waals surface area (Å²) >= 11 is 0. The van der Waals surface area contributed by atoms with Gasteiger partial charge in [-0.25, -0.2) is 0 Å². The van der Waals surface area contributed by atoms with E-state index in [0.717, 1.165) is 30.3 Å². The van der Waals surface area contributed by atoms with Crippen LogP contribution in [0.4, 0.5) is 0 Å². The Bertz CT molecular complexity index is 221. The lowest BCUT2D eigenvalue weighted by Crippen LogP contribution is -2.29. The average molecular weight is 268 g/mol. The first kappa shape index (κ1) is 17.0. The Kier molecular flexibility index (Phi) is 8.01. The van der Waals surface area contributed by atoms with E-state index in [0.29, 0.717) is 0 Å². The maximum Gasteiger partial charge on any atom is 0.00964 e. The van der Waals surface area contributed by atoms with Crippen molar-refractivity contribution in [3.8, 4) is 0 Å². The van der Waals surface area contributed by atoms with Crippen LogP contribution in [-0.2, 0) is 0 Å². The zero-order valence-electron chi connectivity index (χ0n) is 13.7. The number of nitrogens with zero attached hydrogens (tertiary/aromatic N) is 1. The second-order valence-corrected chi connectivity index (χ2v) is 7.17. The summed E-state index contributed by atoms with van der Waals surface area (Å²) in [6, 6.07) is 0.922. The van der Waals surface area contributed by atoms with Gasteiger partial charge >= 0.3 is 0 Å². The van der Waals surface area contributed by atoms with Gasteiger partial charge in [-0.2, -0.15) is 0 Å². The molecule has 0 radical (unpaired) electrons. The average Bonchev–Trinajstić information content (AvgIpc) is 3.15. The molecule has 0 saturated heterocycles. The molecule has 1 rings (SSSR count). The van der Waals surface area contributed by atoms with Crippen molar-refractivity contribution in [2.45, 2.75) is 72.3 Å². The second-order valence-electron chi connectivity index (χ2n) is 7.17. The molecule has 1 aliphatic carbocycles. The third kappa shape index (κ3) is 7.31. The highest BCUT2D eigenvalue weighted by atomic mass is 15.2. The van der Waals surface area contributed by atoms with E-state index >= 15 is 0 Å². The van der Waals surface area contributed by atoms with E-state index in [1.54, 1.807) is 0 Å². The summed E-state index contributed by atoms with van der Waals surface area (Å²) in [5.41, 5.74) is 5.73. The first-order valence-corrected chi connectivity index (χ1v) is 8.48. The zero-order valence-corrected chi connectivity index (χ0v) is 13.7. The van der Waals surface area contributed by atoms with Gasteiger partial charge < -0.3 is 10.6 Å². The van der Waals surface area contributed by atoms with Gasteiger partial charge in [0.05, 0.1) is 0 Å². The van der Waals surface area contributed by atoms with E-state index < -0.39 is 0 Å². The highest BCUT2D eigenvalue weighted by Crippen LogP contribution is 2.28. The van der Waals surface area contributed by atoms with Gasteiger partial charge in [-0.15, -0.1) is 0 Å². The monoisotopic (exact) mass is 268 g/mol. The van der Waals surface area contributed by atoms with Crippen LogP contribution in [0.25, 0.3) is 0 Å². The molecule has 1 aliphatic rings. The van der Waals surface area contributed by atoms with Crippen molar-refractivity contribution in [3.05, 3.63) is 0 Å². The van der Waals surface area contributed by atoms with Crippen LogP contribution in [0, 0.1) is 17.8 Å². The molecule has 19 heavy (non-hydrogen) atoms. The fourth-order valence-electron chi connectivity index (χ4n) is 2.92. The van der Waals surface area contributed by atoms with Crippen LogP contribution in [0.5, 0.6) is 0 Å². The maximum atomic E-state index is 5.73. The minimum absolute atomic E-state index is 0.786. The summed E-state index contributed by atoms with van der Waals surface area (Å²) in [7, 11) is 0. The Hall–Kier alpha value is -0.0800. The number of hydrogen-bond acceptors (Lipinski definition) is 2. The zero-order chi connectivity index (χ0) is 14.3. The molecule has 2 heteroatoms. The standard InChI is InChI=1S/C17H36N2/c1-14(2)10-13-19(17-7-8-17)12-5-6-16(9-11-18)15(3)4/h14-17H,5-13,18H2,1-4H3. The van der Waals surface area contributed by atoms with Crippen molar-refractivity contribution in [2.75, 3.05) is 19.6 Å². The van der Waals surface area contributed by atoms with Crippen molar-refractivity contribution in [1.29, 1.82) is 0 Å². The van der Waals surface area contributed by atoms with Gasteiger partial charge in [0.15, 0.2) is 0 Å². The van der Waals surface area contributed by atoms with Gasteiger partial charge in [0, 0.05) is 6.04 Å². The summed E-state index contributed by atoms with van der Waals surface area (Å²) in [5, 5.41) is 0. The van der Waals surface area contributed by atoms with Crippen LogP contribution in [-0.4, -0.2) is 30.6 Å².